The van der Waals surface area contributed by atoms with Crippen LogP contribution in [0.3, 0.4) is 0 Å². The molecule has 0 bridgehead atoms. The van der Waals surface area contributed by atoms with Crippen molar-refractivity contribution in [1.29, 1.82) is 0 Å². The molecule has 0 aliphatic rings. The van der Waals surface area contributed by atoms with Crippen LogP contribution in [0.15, 0.2) is 47.3 Å². The number of pyridine rings is 1. The Bertz CT molecular complexity index is 1010. The maximum absolute atomic E-state index is 13.2. The predicted octanol–water partition coefficient (Wildman–Crippen LogP) is 3.26. The monoisotopic (exact) mass is 338 g/mol. The lowest BCUT2D eigenvalue weighted by atomic mass is 10.0. The first-order valence-corrected chi connectivity index (χ1v) is 8.11. The summed E-state index contributed by atoms with van der Waals surface area (Å²) < 4.78 is 13.2. The van der Waals surface area contributed by atoms with Gasteiger partial charge in [0, 0.05) is 23.2 Å². The summed E-state index contributed by atoms with van der Waals surface area (Å²) in [7, 11) is 0. The van der Waals surface area contributed by atoms with Crippen molar-refractivity contribution in [1.82, 2.24) is 10.3 Å². The van der Waals surface area contributed by atoms with Gasteiger partial charge in [-0.1, -0.05) is 6.07 Å². The SMILES string of the molecule is Cc1cc2cc(CCNC(=O)c3cccc(F)c3)c(=O)[nH]c2cc1C. The molecule has 5 heteroatoms. The van der Waals surface area contributed by atoms with E-state index in [2.05, 4.69) is 10.3 Å². The normalized spacial score (nSPS) is 10.8. The third kappa shape index (κ3) is 3.76. The summed E-state index contributed by atoms with van der Waals surface area (Å²) in [5, 5.41) is 3.68. The predicted molar refractivity (Wildman–Crippen MR) is 96.5 cm³/mol. The van der Waals surface area contributed by atoms with Crippen LogP contribution in [0.1, 0.15) is 27.0 Å². The first kappa shape index (κ1) is 16.9. The van der Waals surface area contributed by atoms with E-state index in [1.165, 1.54) is 18.2 Å². The van der Waals surface area contributed by atoms with E-state index in [0.29, 0.717) is 18.5 Å². The molecule has 0 atom stereocenters. The molecule has 25 heavy (non-hydrogen) atoms. The summed E-state index contributed by atoms with van der Waals surface area (Å²) in [5.74, 6) is -0.813. The van der Waals surface area contributed by atoms with E-state index in [1.54, 1.807) is 6.07 Å². The molecule has 0 saturated heterocycles. The second kappa shape index (κ2) is 6.89. The minimum absolute atomic E-state index is 0.157. The average molecular weight is 338 g/mol. The standard InChI is InChI=1S/C20H19FN2O2/c1-12-8-16-10-15(20(25)23-18(16)9-13(12)2)6-7-22-19(24)14-4-3-5-17(21)11-14/h3-5,8-11H,6-7H2,1-2H3,(H,22,24)(H,23,25). The van der Waals surface area contributed by atoms with Crippen molar-refractivity contribution >= 4 is 16.8 Å². The van der Waals surface area contributed by atoms with Gasteiger partial charge in [-0.25, -0.2) is 4.39 Å². The van der Waals surface area contributed by atoms with Gasteiger partial charge in [-0.3, -0.25) is 9.59 Å². The van der Waals surface area contributed by atoms with Gasteiger partial charge < -0.3 is 10.3 Å². The van der Waals surface area contributed by atoms with E-state index in [1.807, 2.05) is 32.0 Å². The number of amides is 1. The smallest absolute Gasteiger partial charge is 0.251 e. The molecule has 1 heterocycles. The number of halogens is 1. The molecule has 0 spiro atoms. The summed E-state index contributed by atoms with van der Waals surface area (Å²) in [5.41, 5.74) is 3.80. The van der Waals surface area contributed by atoms with Crippen molar-refractivity contribution in [3.05, 3.63) is 80.9 Å². The molecule has 128 valence electrons. The van der Waals surface area contributed by atoms with E-state index in [4.69, 9.17) is 0 Å². The third-order valence-corrected chi connectivity index (χ3v) is 4.30. The van der Waals surface area contributed by atoms with Gasteiger partial charge in [-0.05, 0) is 73.2 Å². The van der Waals surface area contributed by atoms with Crippen LogP contribution in [-0.4, -0.2) is 17.4 Å². The maximum Gasteiger partial charge on any atom is 0.251 e. The van der Waals surface area contributed by atoms with Gasteiger partial charge in [0.15, 0.2) is 0 Å². The quantitative estimate of drug-likeness (QED) is 0.767. The largest absolute Gasteiger partial charge is 0.352 e. The van der Waals surface area contributed by atoms with Crippen molar-refractivity contribution in [2.75, 3.05) is 6.54 Å². The minimum atomic E-state index is -0.454. The zero-order chi connectivity index (χ0) is 18.0. The number of H-pyrrole nitrogens is 1. The number of aryl methyl sites for hydroxylation is 2. The molecule has 0 aliphatic carbocycles. The topological polar surface area (TPSA) is 62.0 Å². The Labute approximate surface area is 144 Å². The number of hydrogen-bond acceptors (Lipinski definition) is 2. The van der Waals surface area contributed by atoms with Crippen LogP contribution >= 0.6 is 0 Å². The number of carbonyl (C=O) groups is 1. The number of benzene rings is 2. The van der Waals surface area contributed by atoms with Crippen molar-refractivity contribution in [3.8, 4) is 0 Å². The van der Waals surface area contributed by atoms with Crippen molar-refractivity contribution in [2.45, 2.75) is 20.3 Å². The lowest BCUT2D eigenvalue weighted by molar-refractivity contribution is 0.0953. The van der Waals surface area contributed by atoms with Crippen molar-refractivity contribution in [2.24, 2.45) is 0 Å². The van der Waals surface area contributed by atoms with Crippen LogP contribution < -0.4 is 10.9 Å². The fourth-order valence-corrected chi connectivity index (χ4v) is 2.75. The Morgan fingerprint density at radius 2 is 1.88 bits per heavy atom. The van der Waals surface area contributed by atoms with Crippen molar-refractivity contribution in [3.63, 3.8) is 0 Å². The molecule has 3 aromatic rings. The van der Waals surface area contributed by atoms with E-state index in [9.17, 15) is 14.0 Å². The van der Waals surface area contributed by atoms with E-state index < -0.39 is 5.82 Å². The number of hydrogen-bond donors (Lipinski definition) is 2. The third-order valence-electron chi connectivity index (χ3n) is 4.30. The van der Waals surface area contributed by atoms with Gasteiger partial charge >= 0.3 is 0 Å². The van der Waals surface area contributed by atoms with Gasteiger partial charge in [0.05, 0.1) is 0 Å². The highest BCUT2D eigenvalue weighted by Crippen LogP contribution is 2.17. The van der Waals surface area contributed by atoms with Gasteiger partial charge in [0.1, 0.15) is 5.82 Å². The van der Waals surface area contributed by atoms with Crippen LogP contribution in [0.4, 0.5) is 4.39 Å². The zero-order valence-corrected chi connectivity index (χ0v) is 14.2. The molecule has 2 N–H and O–H groups in total. The molecule has 0 unspecified atom stereocenters. The van der Waals surface area contributed by atoms with Crippen LogP contribution in [0.2, 0.25) is 0 Å². The maximum atomic E-state index is 13.2. The molecular weight excluding hydrogens is 319 g/mol. The number of aromatic amines is 1. The highest BCUT2D eigenvalue weighted by Gasteiger charge is 2.08. The Kier molecular flexibility index (Phi) is 4.65. The van der Waals surface area contributed by atoms with Crippen molar-refractivity contribution < 1.29 is 9.18 Å². The van der Waals surface area contributed by atoms with Crippen LogP contribution in [-0.2, 0) is 6.42 Å². The molecule has 3 rings (SSSR count). The fourth-order valence-electron chi connectivity index (χ4n) is 2.75. The number of rotatable bonds is 4. The first-order chi connectivity index (χ1) is 11.9. The summed E-state index contributed by atoms with van der Waals surface area (Å²) >= 11 is 0. The average Bonchev–Trinajstić information content (AvgIpc) is 2.57. The van der Waals surface area contributed by atoms with E-state index in [0.717, 1.165) is 22.0 Å². The molecule has 0 radical (unpaired) electrons. The Morgan fingerprint density at radius 3 is 2.64 bits per heavy atom. The Balaban J connectivity index is 1.73. The van der Waals surface area contributed by atoms with E-state index in [-0.39, 0.29) is 17.0 Å². The Morgan fingerprint density at radius 1 is 1.12 bits per heavy atom. The van der Waals surface area contributed by atoms with E-state index >= 15 is 0 Å². The number of nitrogens with one attached hydrogen (secondary N) is 2. The van der Waals surface area contributed by atoms with Gasteiger partial charge in [0.25, 0.3) is 11.5 Å². The van der Waals surface area contributed by atoms with Crippen LogP contribution in [0.5, 0.6) is 0 Å². The minimum Gasteiger partial charge on any atom is -0.352 e. The number of carbonyl (C=O) groups excluding carboxylic acids is 1. The number of fused-ring (bicyclic) bond motifs is 1. The Hall–Kier alpha value is -2.95. The first-order valence-electron chi connectivity index (χ1n) is 8.11. The van der Waals surface area contributed by atoms with Gasteiger partial charge in [-0.2, -0.15) is 0 Å². The summed E-state index contributed by atoms with van der Waals surface area (Å²) in [6, 6.07) is 11.4. The molecule has 0 saturated carbocycles. The molecule has 2 aromatic carbocycles. The highest BCUT2D eigenvalue weighted by molar-refractivity contribution is 5.94. The van der Waals surface area contributed by atoms with Gasteiger partial charge in [-0.15, -0.1) is 0 Å². The molecule has 4 nitrogen and oxygen atoms in total. The lowest BCUT2D eigenvalue weighted by Gasteiger charge is -2.08. The van der Waals surface area contributed by atoms with Gasteiger partial charge in [0.2, 0.25) is 0 Å². The summed E-state index contributed by atoms with van der Waals surface area (Å²) in [6.07, 6.45) is 0.402. The highest BCUT2D eigenvalue weighted by atomic mass is 19.1. The second-order valence-electron chi connectivity index (χ2n) is 6.16. The molecular formula is C20H19FN2O2. The fraction of sp³-hybridized carbons (Fsp3) is 0.200. The number of aromatic nitrogens is 1. The zero-order valence-electron chi connectivity index (χ0n) is 14.2. The second-order valence-corrected chi connectivity index (χ2v) is 6.16. The van der Waals surface area contributed by atoms with Crippen LogP contribution in [0.25, 0.3) is 10.9 Å². The molecule has 0 aliphatic heterocycles. The molecule has 1 aromatic heterocycles. The lowest BCUT2D eigenvalue weighted by Crippen LogP contribution is -2.27. The summed E-state index contributed by atoms with van der Waals surface area (Å²) in [4.78, 5) is 27.1. The summed E-state index contributed by atoms with van der Waals surface area (Å²) in [6.45, 7) is 4.33. The van der Waals surface area contributed by atoms with Crippen LogP contribution in [0, 0.1) is 19.7 Å². The molecule has 0 fully saturated rings. The molecule has 1 amide bonds.